The first kappa shape index (κ1) is 26.8. The topological polar surface area (TPSA) is 105 Å². The third kappa shape index (κ3) is 6.74. The van der Waals surface area contributed by atoms with Crippen LogP contribution in [0.5, 0.6) is 11.5 Å². The molecule has 1 aliphatic heterocycles. The summed E-state index contributed by atoms with van der Waals surface area (Å²) in [5, 5.41) is 3.11. The van der Waals surface area contributed by atoms with Crippen molar-refractivity contribution in [3.63, 3.8) is 0 Å². The summed E-state index contributed by atoms with van der Waals surface area (Å²) in [6, 6.07) is 13.6. The Hall–Kier alpha value is -3.27. The Balaban J connectivity index is 1.61. The van der Waals surface area contributed by atoms with Crippen LogP contribution < -0.4 is 19.1 Å². The summed E-state index contributed by atoms with van der Waals surface area (Å²) in [4.78, 5) is 28.6. The molecule has 9 nitrogen and oxygen atoms in total. The summed E-state index contributed by atoms with van der Waals surface area (Å²) in [6.45, 7) is 2.37. The zero-order valence-corrected chi connectivity index (χ0v) is 22.2. The van der Waals surface area contributed by atoms with Crippen molar-refractivity contribution < 1.29 is 27.5 Å². The van der Waals surface area contributed by atoms with Gasteiger partial charge in [0.2, 0.25) is 21.8 Å². The van der Waals surface area contributed by atoms with Crippen LogP contribution in [0.3, 0.4) is 0 Å². The second-order valence-corrected chi connectivity index (χ2v) is 11.4. The first-order valence-electron chi connectivity index (χ1n) is 12.8. The number of anilines is 1. The highest BCUT2D eigenvalue weighted by Gasteiger charge is 2.33. The number of hydrogen-bond donors (Lipinski definition) is 1. The van der Waals surface area contributed by atoms with Crippen LogP contribution in [0.4, 0.5) is 5.69 Å². The molecule has 0 saturated heterocycles. The molecule has 2 aromatic rings. The molecule has 1 aliphatic carbocycles. The average Bonchev–Trinajstić information content (AvgIpc) is 3.39. The van der Waals surface area contributed by atoms with Crippen LogP contribution in [0.2, 0.25) is 0 Å². The Morgan fingerprint density at radius 1 is 1.03 bits per heavy atom. The first-order chi connectivity index (χ1) is 17.8. The molecule has 2 aliphatic rings. The normalized spacial score (nSPS) is 16.2. The largest absolute Gasteiger partial charge is 0.486 e. The zero-order chi connectivity index (χ0) is 26.4. The van der Waals surface area contributed by atoms with Gasteiger partial charge >= 0.3 is 0 Å². The number of sulfonamides is 1. The second-order valence-electron chi connectivity index (χ2n) is 9.52. The fraction of sp³-hybridized carbons (Fsp3) is 0.481. The van der Waals surface area contributed by atoms with Gasteiger partial charge in [-0.2, -0.15) is 0 Å². The predicted molar refractivity (Wildman–Crippen MR) is 141 cm³/mol. The Labute approximate surface area is 218 Å². The van der Waals surface area contributed by atoms with Gasteiger partial charge in [0.25, 0.3) is 0 Å². The van der Waals surface area contributed by atoms with Crippen molar-refractivity contribution >= 4 is 27.5 Å². The number of benzene rings is 2. The molecular formula is C27H35N3O6S. The summed E-state index contributed by atoms with van der Waals surface area (Å²) >= 11 is 0. The van der Waals surface area contributed by atoms with Crippen molar-refractivity contribution in [2.45, 2.75) is 57.7 Å². The lowest BCUT2D eigenvalue weighted by atomic mass is 10.1. The third-order valence-electron chi connectivity index (χ3n) is 6.78. The zero-order valence-electron chi connectivity index (χ0n) is 21.4. The highest BCUT2D eigenvalue weighted by molar-refractivity contribution is 7.92. The van der Waals surface area contributed by atoms with Crippen molar-refractivity contribution in [3.05, 3.63) is 54.1 Å². The number of ether oxygens (including phenoxy) is 2. The van der Waals surface area contributed by atoms with Crippen LogP contribution in [-0.2, 0) is 26.2 Å². The highest BCUT2D eigenvalue weighted by Crippen LogP contribution is 2.34. The molecule has 0 bridgehead atoms. The monoisotopic (exact) mass is 529 g/mol. The van der Waals surface area contributed by atoms with E-state index in [2.05, 4.69) is 5.32 Å². The Morgan fingerprint density at radius 2 is 1.70 bits per heavy atom. The molecule has 2 aromatic carbocycles. The summed E-state index contributed by atoms with van der Waals surface area (Å²) < 4.78 is 37.9. The maximum Gasteiger partial charge on any atom is 0.244 e. The standard InChI is InChI=1S/C27H35N3O6S/c1-3-23(27(32)28-21-11-7-8-12-21)29(18-20-9-5-4-6-10-20)26(31)19-30(37(2,33)34)22-13-14-24-25(17-22)36-16-15-35-24/h4-6,9-10,13-14,17,21,23H,3,7-8,11-12,15-16,18-19H2,1-2H3,(H,28,32). The second kappa shape index (κ2) is 11.9. The minimum absolute atomic E-state index is 0.112. The van der Waals surface area contributed by atoms with E-state index in [1.807, 2.05) is 37.3 Å². The first-order valence-corrected chi connectivity index (χ1v) is 14.6. The van der Waals surface area contributed by atoms with E-state index < -0.39 is 28.5 Å². The fourth-order valence-corrected chi connectivity index (χ4v) is 5.71. The van der Waals surface area contributed by atoms with Gasteiger partial charge in [-0.3, -0.25) is 13.9 Å². The van der Waals surface area contributed by atoms with Gasteiger partial charge in [-0.25, -0.2) is 8.42 Å². The summed E-state index contributed by atoms with van der Waals surface area (Å²) in [5.41, 5.74) is 1.15. The van der Waals surface area contributed by atoms with Crippen molar-refractivity contribution in [1.29, 1.82) is 0 Å². The average molecular weight is 530 g/mol. The van der Waals surface area contributed by atoms with Crippen molar-refractivity contribution in [2.24, 2.45) is 0 Å². The molecule has 1 fully saturated rings. The number of carbonyl (C=O) groups is 2. The minimum atomic E-state index is -3.83. The van der Waals surface area contributed by atoms with Gasteiger partial charge < -0.3 is 19.7 Å². The Bertz CT molecular complexity index is 1200. The van der Waals surface area contributed by atoms with Gasteiger partial charge in [0, 0.05) is 18.7 Å². The van der Waals surface area contributed by atoms with E-state index >= 15 is 0 Å². The van der Waals surface area contributed by atoms with Gasteiger partial charge in [-0.1, -0.05) is 50.1 Å². The number of rotatable bonds is 10. The van der Waals surface area contributed by atoms with Crippen LogP contribution in [0, 0.1) is 0 Å². The van der Waals surface area contributed by atoms with E-state index in [1.165, 1.54) is 4.90 Å². The lowest BCUT2D eigenvalue weighted by Crippen LogP contribution is -2.53. The summed E-state index contributed by atoms with van der Waals surface area (Å²) in [5.74, 6) is 0.282. The Kier molecular flexibility index (Phi) is 8.58. The molecule has 2 amide bonds. The van der Waals surface area contributed by atoms with Crippen LogP contribution in [0.15, 0.2) is 48.5 Å². The third-order valence-corrected chi connectivity index (χ3v) is 7.92. The van der Waals surface area contributed by atoms with Gasteiger partial charge in [0.05, 0.1) is 11.9 Å². The summed E-state index contributed by atoms with van der Waals surface area (Å²) in [7, 11) is -3.83. The van der Waals surface area contributed by atoms with E-state index in [0.29, 0.717) is 36.8 Å². The molecule has 4 rings (SSSR count). The van der Waals surface area contributed by atoms with E-state index in [0.717, 1.165) is 41.8 Å². The van der Waals surface area contributed by atoms with Crippen molar-refractivity contribution in [3.8, 4) is 11.5 Å². The van der Waals surface area contributed by atoms with Crippen molar-refractivity contribution in [2.75, 3.05) is 30.3 Å². The minimum Gasteiger partial charge on any atom is -0.486 e. The molecule has 1 N–H and O–H groups in total. The maximum atomic E-state index is 13.8. The van der Waals surface area contributed by atoms with Crippen LogP contribution in [0.25, 0.3) is 0 Å². The molecule has 1 atom stereocenters. The molecule has 200 valence electrons. The van der Waals surface area contributed by atoms with E-state index in [-0.39, 0.29) is 18.5 Å². The maximum absolute atomic E-state index is 13.8. The molecule has 0 spiro atoms. The quantitative estimate of drug-likeness (QED) is 0.507. The lowest BCUT2D eigenvalue weighted by molar-refractivity contribution is -0.140. The fourth-order valence-electron chi connectivity index (χ4n) is 4.87. The smallest absolute Gasteiger partial charge is 0.244 e. The number of amides is 2. The van der Waals surface area contributed by atoms with E-state index in [4.69, 9.17) is 9.47 Å². The van der Waals surface area contributed by atoms with E-state index in [1.54, 1.807) is 18.2 Å². The Morgan fingerprint density at radius 3 is 2.35 bits per heavy atom. The van der Waals surface area contributed by atoms with Crippen LogP contribution >= 0.6 is 0 Å². The molecule has 1 unspecified atom stereocenters. The molecular weight excluding hydrogens is 494 g/mol. The molecule has 0 radical (unpaired) electrons. The van der Waals surface area contributed by atoms with Crippen LogP contribution in [0.1, 0.15) is 44.6 Å². The molecule has 0 aromatic heterocycles. The molecule has 10 heteroatoms. The SMILES string of the molecule is CCC(C(=O)NC1CCCC1)N(Cc1ccccc1)C(=O)CN(c1ccc2c(c1)OCCO2)S(C)(=O)=O. The molecule has 1 saturated carbocycles. The predicted octanol–water partition coefficient (Wildman–Crippen LogP) is 3.09. The van der Waals surface area contributed by atoms with Gasteiger partial charge in [-0.05, 0) is 37.0 Å². The number of nitrogens with one attached hydrogen (secondary N) is 1. The lowest BCUT2D eigenvalue weighted by Gasteiger charge is -2.33. The van der Waals surface area contributed by atoms with Gasteiger partial charge in [0.15, 0.2) is 11.5 Å². The van der Waals surface area contributed by atoms with E-state index in [9.17, 15) is 18.0 Å². The number of hydrogen-bond acceptors (Lipinski definition) is 6. The number of fused-ring (bicyclic) bond motifs is 1. The summed E-state index contributed by atoms with van der Waals surface area (Å²) in [6.07, 6.45) is 5.48. The van der Waals surface area contributed by atoms with Crippen LogP contribution in [-0.4, -0.2) is 63.2 Å². The molecule has 1 heterocycles. The number of carbonyl (C=O) groups excluding carboxylic acids is 2. The van der Waals surface area contributed by atoms with Gasteiger partial charge in [0.1, 0.15) is 25.8 Å². The van der Waals surface area contributed by atoms with Gasteiger partial charge in [-0.15, -0.1) is 0 Å². The number of nitrogens with zero attached hydrogens (tertiary/aromatic N) is 2. The van der Waals surface area contributed by atoms with Crippen molar-refractivity contribution in [1.82, 2.24) is 10.2 Å². The molecule has 37 heavy (non-hydrogen) atoms. The highest BCUT2D eigenvalue weighted by atomic mass is 32.2.